The molecule has 0 amide bonds. The number of benzene rings is 2. The highest BCUT2D eigenvalue weighted by atomic mass is 32.2. The Hall–Kier alpha value is -4.84. The van der Waals surface area contributed by atoms with Crippen molar-refractivity contribution < 1.29 is 18.3 Å². The molecule has 0 fully saturated rings. The zero-order valence-corrected chi connectivity index (χ0v) is 21.8. The number of imidazole rings is 1. The monoisotopic (exact) mass is 543 g/mol. The van der Waals surface area contributed by atoms with E-state index in [2.05, 4.69) is 15.0 Å². The summed E-state index contributed by atoms with van der Waals surface area (Å²) in [5.41, 5.74) is 8.54. The van der Waals surface area contributed by atoms with Gasteiger partial charge in [-0.3, -0.25) is 19.5 Å². The van der Waals surface area contributed by atoms with E-state index < -0.39 is 22.5 Å². The van der Waals surface area contributed by atoms with Crippen LogP contribution in [0, 0.1) is 5.41 Å². The number of fused-ring (bicyclic) bond motifs is 2. The highest BCUT2D eigenvalue weighted by Crippen LogP contribution is 2.29. The quantitative estimate of drug-likeness (QED) is 0.188. The van der Waals surface area contributed by atoms with Gasteiger partial charge in [-0.1, -0.05) is 42.5 Å². The van der Waals surface area contributed by atoms with Crippen molar-refractivity contribution in [3.05, 3.63) is 90.0 Å². The average molecular weight is 544 g/mol. The number of carbonyl (C=O) groups is 1. The van der Waals surface area contributed by atoms with Crippen molar-refractivity contribution in [1.82, 2.24) is 19.5 Å². The molecule has 198 valence electrons. The number of pyridine rings is 2. The van der Waals surface area contributed by atoms with Crippen molar-refractivity contribution in [2.45, 2.75) is 17.7 Å². The number of nitrogens with one attached hydrogen (secondary N) is 1. The molecule has 39 heavy (non-hydrogen) atoms. The molecule has 5 rings (SSSR count). The smallest absolute Gasteiger partial charge is 0.324 e. The summed E-state index contributed by atoms with van der Waals surface area (Å²) in [5.74, 6) is -0.574. The Kier molecular flexibility index (Phi) is 6.71. The number of aliphatic carboxylic acids is 1. The van der Waals surface area contributed by atoms with E-state index in [0.29, 0.717) is 35.0 Å². The first-order valence-corrected chi connectivity index (χ1v) is 13.4. The first-order chi connectivity index (χ1) is 18.6. The Balaban J connectivity index is 1.49. The molecule has 0 atom stereocenters. The van der Waals surface area contributed by atoms with Crippen molar-refractivity contribution in [3.63, 3.8) is 0 Å². The van der Waals surface area contributed by atoms with E-state index in [1.165, 1.54) is 24.5 Å². The number of amidine groups is 1. The van der Waals surface area contributed by atoms with Crippen LogP contribution in [0.5, 0.6) is 0 Å². The maximum absolute atomic E-state index is 13.8. The van der Waals surface area contributed by atoms with Crippen molar-refractivity contribution >= 4 is 49.6 Å². The summed E-state index contributed by atoms with van der Waals surface area (Å²) in [7, 11) is -2.49. The number of nitrogens with zero attached hydrogens (tertiary/aromatic N) is 5. The molecule has 3 heterocycles. The molecule has 3 aromatic heterocycles. The van der Waals surface area contributed by atoms with E-state index in [4.69, 9.17) is 11.1 Å². The predicted octanol–water partition coefficient (Wildman–Crippen LogP) is 2.87. The van der Waals surface area contributed by atoms with E-state index in [-0.39, 0.29) is 21.9 Å². The van der Waals surface area contributed by atoms with Crippen molar-refractivity contribution in [2.24, 2.45) is 12.8 Å². The van der Waals surface area contributed by atoms with E-state index in [1.807, 2.05) is 23.7 Å². The lowest BCUT2D eigenvalue weighted by molar-refractivity contribution is -0.135. The Morgan fingerprint density at radius 3 is 2.54 bits per heavy atom. The largest absolute Gasteiger partial charge is 0.480 e. The fraction of sp³-hybridized carbons (Fsp3) is 0.148. The van der Waals surface area contributed by atoms with Crippen LogP contribution >= 0.6 is 0 Å². The summed E-state index contributed by atoms with van der Waals surface area (Å²) in [5, 5.41) is 17.7. The molecule has 4 N–H and O–H groups in total. The van der Waals surface area contributed by atoms with Crippen molar-refractivity contribution in [1.29, 1.82) is 5.41 Å². The third-order valence-corrected chi connectivity index (χ3v) is 8.23. The minimum absolute atomic E-state index is 0.00875. The minimum Gasteiger partial charge on any atom is -0.480 e. The maximum atomic E-state index is 13.8. The zero-order valence-electron chi connectivity index (χ0n) is 20.9. The van der Waals surface area contributed by atoms with Gasteiger partial charge in [0.2, 0.25) is 0 Å². The first kappa shape index (κ1) is 25.8. The number of anilines is 1. The number of nitrogens with two attached hydrogens (primary N) is 1. The van der Waals surface area contributed by atoms with Gasteiger partial charge in [0.05, 0.1) is 17.4 Å². The molecule has 11 nitrogen and oxygen atoms in total. The highest BCUT2D eigenvalue weighted by molar-refractivity contribution is 7.93. The van der Waals surface area contributed by atoms with Crippen LogP contribution in [0.2, 0.25) is 0 Å². The van der Waals surface area contributed by atoms with Crippen LogP contribution in [0.25, 0.3) is 22.1 Å². The fourth-order valence-corrected chi connectivity index (χ4v) is 5.98. The lowest BCUT2D eigenvalue weighted by Gasteiger charge is -2.23. The second kappa shape index (κ2) is 10.1. The zero-order chi connectivity index (χ0) is 27.7. The number of aromatic nitrogens is 4. The van der Waals surface area contributed by atoms with Gasteiger partial charge in [0.15, 0.2) is 5.65 Å². The Morgan fingerprint density at radius 1 is 1.08 bits per heavy atom. The van der Waals surface area contributed by atoms with Gasteiger partial charge < -0.3 is 15.4 Å². The topological polar surface area (TPSA) is 168 Å². The molecule has 0 aliphatic carbocycles. The van der Waals surface area contributed by atoms with E-state index in [1.54, 1.807) is 36.4 Å². The number of hydrogen-bond donors (Lipinski definition) is 3. The molecule has 0 unspecified atom stereocenters. The second-order valence-electron chi connectivity index (χ2n) is 8.97. The predicted molar refractivity (Wildman–Crippen MR) is 147 cm³/mol. The molecule has 0 saturated carbocycles. The van der Waals surface area contributed by atoms with Gasteiger partial charge in [-0.05, 0) is 30.2 Å². The SMILES string of the molecule is Cn1c(CCc2ccc(C(=N)N)cc2)nc2cc(N(CC(=O)O)S(=O)(=O)c3cccc4cccnc34)cnc21. The highest BCUT2D eigenvalue weighted by Gasteiger charge is 2.30. The van der Waals surface area contributed by atoms with E-state index in [9.17, 15) is 18.3 Å². The lowest BCUT2D eigenvalue weighted by Crippen LogP contribution is -2.36. The number of para-hydroxylation sites is 1. The number of rotatable bonds is 9. The molecular weight excluding hydrogens is 518 g/mol. The van der Waals surface area contributed by atoms with Crippen LogP contribution in [0.4, 0.5) is 5.69 Å². The molecule has 2 aromatic carbocycles. The van der Waals surface area contributed by atoms with Gasteiger partial charge in [0.1, 0.15) is 28.6 Å². The van der Waals surface area contributed by atoms with Crippen LogP contribution in [-0.2, 0) is 34.7 Å². The van der Waals surface area contributed by atoms with Gasteiger partial charge in [0, 0.05) is 30.6 Å². The molecule has 5 aromatic rings. The minimum atomic E-state index is -4.31. The number of hydrogen-bond acceptors (Lipinski definition) is 7. The summed E-state index contributed by atoms with van der Waals surface area (Å²) >= 11 is 0. The number of carboxylic acids is 1. The summed E-state index contributed by atoms with van der Waals surface area (Å²) < 4.78 is 30.2. The normalized spacial score (nSPS) is 11.6. The number of sulfonamides is 1. The molecule has 0 bridgehead atoms. The van der Waals surface area contributed by atoms with Crippen LogP contribution in [-0.4, -0.2) is 51.4 Å². The molecule has 0 aliphatic rings. The maximum Gasteiger partial charge on any atom is 0.324 e. The Morgan fingerprint density at radius 2 is 1.82 bits per heavy atom. The first-order valence-electron chi connectivity index (χ1n) is 12.0. The second-order valence-corrected chi connectivity index (χ2v) is 10.8. The van der Waals surface area contributed by atoms with Crippen LogP contribution in [0.15, 0.2) is 78.0 Å². The van der Waals surface area contributed by atoms with Gasteiger partial charge in [-0.2, -0.15) is 0 Å². The van der Waals surface area contributed by atoms with Gasteiger partial charge in [0.25, 0.3) is 10.0 Å². The average Bonchev–Trinajstić information content (AvgIpc) is 3.24. The summed E-state index contributed by atoms with van der Waals surface area (Å²) in [6.45, 7) is -0.797. The van der Waals surface area contributed by atoms with E-state index >= 15 is 0 Å². The Bertz CT molecular complexity index is 1830. The van der Waals surface area contributed by atoms with Crippen LogP contribution < -0.4 is 10.0 Å². The molecule has 12 heteroatoms. The summed E-state index contributed by atoms with van der Waals surface area (Å²) in [6, 6.07) is 17.1. The third kappa shape index (κ3) is 5.01. The number of nitrogen functional groups attached to an aromatic ring is 1. The third-order valence-electron chi connectivity index (χ3n) is 6.42. The summed E-state index contributed by atoms with van der Waals surface area (Å²) in [6.07, 6.45) is 4.09. The van der Waals surface area contributed by atoms with Crippen molar-refractivity contribution in [3.8, 4) is 0 Å². The molecular formula is C27H25N7O4S. The van der Waals surface area contributed by atoms with Crippen LogP contribution in [0.1, 0.15) is 17.0 Å². The van der Waals surface area contributed by atoms with E-state index in [0.717, 1.165) is 15.7 Å². The lowest BCUT2D eigenvalue weighted by atomic mass is 10.1. The summed E-state index contributed by atoms with van der Waals surface area (Å²) in [4.78, 5) is 25.0. The molecule has 0 spiro atoms. The number of aryl methyl sites for hydroxylation is 3. The standard InChI is InChI=1S/C27H25N7O4S/c1-33-23(12-9-17-7-10-19(11-8-17)26(28)29)32-21-14-20(15-31-27(21)33)34(16-24(35)36)39(37,38)22-6-2-4-18-5-3-13-30-25(18)22/h2-8,10-11,13-15H,9,12,16H2,1H3,(H3,28,29)(H,35,36). The fourth-order valence-electron chi connectivity index (χ4n) is 4.42. The molecule has 0 aliphatic heterocycles. The Labute approximate surface area is 224 Å². The number of carboxylic acid groups (broad SMARTS) is 1. The van der Waals surface area contributed by atoms with Gasteiger partial charge in [-0.15, -0.1) is 0 Å². The van der Waals surface area contributed by atoms with Gasteiger partial charge in [-0.25, -0.2) is 18.4 Å². The van der Waals surface area contributed by atoms with Crippen LogP contribution in [0.3, 0.4) is 0 Å². The van der Waals surface area contributed by atoms with Crippen molar-refractivity contribution in [2.75, 3.05) is 10.8 Å². The molecule has 0 saturated heterocycles. The van der Waals surface area contributed by atoms with Gasteiger partial charge >= 0.3 is 5.97 Å². The molecule has 0 radical (unpaired) electrons.